The zero-order valence-corrected chi connectivity index (χ0v) is 19.5. The number of pyridine rings is 1. The zero-order valence-electron chi connectivity index (χ0n) is 19.5. The van der Waals surface area contributed by atoms with Crippen molar-refractivity contribution in [3.05, 3.63) is 24.4 Å². The predicted molar refractivity (Wildman–Crippen MR) is 120 cm³/mol. The zero-order chi connectivity index (χ0) is 22.7. The summed E-state index contributed by atoms with van der Waals surface area (Å²) < 4.78 is 11.6. The molecule has 176 valence electrons. The van der Waals surface area contributed by atoms with Crippen LogP contribution in [0.4, 0.5) is 4.79 Å². The van der Waals surface area contributed by atoms with E-state index in [1.807, 2.05) is 37.8 Å². The molecule has 2 unspecified atom stereocenters. The molecule has 2 atom stereocenters. The number of carbonyl (C=O) groups is 2. The van der Waals surface area contributed by atoms with E-state index in [1.165, 1.54) is 19.3 Å². The molecule has 3 aliphatic rings. The summed E-state index contributed by atoms with van der Waals surface area (Å²) in [6, 6.07) is 5.58. The van der Waals surface area contributed by atoms with Crippen LogP contribution in [0.25, 0.3) is 0 Å². The fraction of sp³-hybridized carbons (Fsp3) is 0.708. The molecule has 1 saturated carbocycles. The molecule has 0 spiro atoms. The van der Waals surface area contributed by atoms with Crippen molar-refractivity contribution in [2.45, 2.75) is 76.7 Å². The normalized spacial score (nSPS) is 25.2. The minimum Gasteiger partial charge on any atom is -0.472 e. The van der Waals surface area contributed by atoms with Crippen LogP contribution < -0.4 is 4.74 Å². The molecule has 0 aromatic carbocycles. The third kappa shape index (κ3) is 5.52. The summed E-state index contributed by atoms with van der Waals surface area (Å²) in [4.78, 5) is 36.8. The number of rotatable bonds is 4. The molecule has 3 fully saturated rings. The Bertz CT molecular complexity index is 793. The van der Waals surface area contributed by atoms with Crippen molar-refractivity contribution in [3.63, 3.8) is 0 Å². The molecule has 0 bridgehead atoms. The van der Waals surface area contributed by atoms with Gasteiger partial charge in [0.2, 0.25) is 11.8 Å². The number of likely N-dealkylation sites (tertiary alicyclic amines) is 1. The Labute approximate surface area is 190 Å². The molecule has 0 radical (unpaired) electrons. The smallest absolute Gasteiger partial charge is 0.411 e. The van der Waals surface area contributed by atoms with Crippen LogP contribution in [0.5, 0.6) is 5.88 Å². The Morgan fingerprint density at radius 1 is 1.06 bits per heavy atom. The molecule has 2 saturated heterocycles. The lowest BCUT2D eigenvalue weighted by Gasteiger charge is -2.37. The van der Waals surface area contributed by atoms with Crippen molar-refractivity contribution in [1.82, 2.24) is 19.7 Å². The summed E-state index contributed by atoms with van der Waals surface area (Å²) in [5.74, 6) is 0.499. The summed E-state index contributed by atoms with van der Waals surface area (Å²) in [5, 5.41) is 0. The highest BCUT2D eigenvalue weighted by Gasteiger charge is 2.44. The first-order valence-electron chi connectivity index (χ1n) is 11.9. The van der Waals surface area contributed by atoms with E-state index >= 15 is 0 Å². The van der Waals surface area contributed by atoms with Crippen LogP contribution in [0.3, 0.4) is 0 Å². The molecule has 8 heteroatoms. The van der Waals surface area contributed by atoms with Crippen LogP contribution >= 0.6 is 0 Å². The monoisotopic (exact) mass is 444 g/mol. The van der Waals surface area contributed by atoms with E-state index in [4.69, 9.17) is 9.47 Å². The summed E-state index contributed by atoms with van der Waals surface area (Å²) in [6.45, 7) is 9.20. The summed E-state index contributed by atoms with van der Waals surface area (Å²) in [6.07, 6.45) is 6.18. The lowest BCUT2D eigenvalue weighted by atomic mass is 9.91. The molecule has 2 amide bonds. The molecule has 1 aromatic heterocycles. The number of amides is 2. The van der Waals surface area contributed by atoms with E-state index < -0.39 is 17.7 Å². The molecule has 3 heterocycles. The van der Waals surface area contributed by atoms with Gasteiger partial charge in [0.05, 0.1) is 6.54 Å². The average Bonchev–Trinajstić information content (AvgIpc) is 2.97. The van der Waals surface area contributed by atoms with E-state index in [1.54, 1.807) is 17.2 Å². The second-order valence-electron chi connectivity index (χ2n) is 10.1. The van der Waals surface area contributed by atoms with E-state index in [0.717, 1.165) is 26.1 Å². The number of nitrogens with zero attached hydrogens (tertiary/aromatic N) is 4. The maximum atomic E-state index is 13.6. The largest absolute Gasteiger partial charge is 0.472 e. The third-order valence-electron chi connectivity index (χ3n) is 6.53. The van der Waals surface area contributed by atoms with Gasteiger partial charge in [0.1, 0.15) is 17.7 Å². The van der Waals surface area contributed by atoms with Crippen molar-refractivity contribution in [2.24, 2.45) is 0 Å². The number of hydrogen-bond donors (Lipinski definition) is 0. The second kappa shape index (κ2) is 9.65. The molecule has 8 nitrogen and oxygen atoms in total. The first-order valence-corrected chi connectivity index (χ1v) is 11.9. The second-order valence-corrected chi connectivity index (χ2v) is 10.1. The van der Waals surface area contributed by atoms with Gasteiger partial charge in [-0.2, -0.15) is 0 Å². The SMILES string of the molecule is CC(C)(C)OC(=O)N1CC(Oc2ccccn2)CC1C(=O)N1CCCN(C2CCC2)CC1. The molecule has 1 aromatic rings. The van der Waals surface area contributed by atoms with Crippen LogP contribution in [-0.4, -0.2) is 88.2 Å². The highest BCUT2D eigenvalue weighted by Crippen LogP contribution is 2.28. The Morgan fingerprint density at radius 2 is 1.88 bits per heavy atom. The quantitative estimate of drug-likeness (QED) is 0.711. The van der Waals surface area contributed by atoms with Gasteiger partial charge < -0.3 is 14.4 Å². The molecule has 0 N–H and O–H groups in total. The Balaban J connectivity index is 1.44. The average molecular weight is 445 g/mol. The number of aromatic nitrogens is 1. The van der Waals surface area contributed by atoms with E-state index in [2.05, 4.69) is 9.88 Å². The van der Waals surface area contributed by atoms with Crippen molar-refractivity contribution in [3.8, 4) is 5.88 Å². The van der Waals surface area contributed by atoms with Crippen LogP contribution in [0.15, 0.2) is 24.4 Å². The molecular formula is C24H36N4O4. The van der Waals surface area contributed by atoms with Crippen molar-refractivity contribution in [1.29, 1.82) is 0 Å². The molecule has 2 aliphatic heterocycles. The maximum Gasteiger partial charge on any atom is 0.411 e. The van der Waals surface area contributed by atoms with Crippen molar-refractivity contribution >= 4 is 12.0 Å². The maximum absolute atomic E-state index is 13.6. The molecular weight excluding hydrogens is 408 g/mol. The Hall–Kier alpha value is -2.35. The van der Waals surface area contributed by atoms with Crippen LogP contribution in [0.1, 0.15) is 52.9 Å². The van der Waals surface area contributed by atoms with E-state index in [-0.39, 0.29) is 12.0 Å². The number of ether oxygens (including phenoxy) is 2. The lowest BCUT2D eigenvalue weighted by Crippen LogP contribution is -2.50. The van der Waals surface area contributed by atoms with E-state index in [0.29, 0.717) is 31.4 Å². The number of carbonyl (C=O) groups excluding carboxylic acids is 2. The summed E-state index contributed by atoms with van der Waals surface area (Å²) in [7, 11) is 0. The fourth-order valence-corrected chi connectivity index (χ4v) is 4.71. The minimum absolute atomic E-state index is 0.00144. The predicted octanol–water partition coefficient (Wildman–Crippen LogP) is 2.93. The first-order chi connectivity index (χ1) is 15.3. The lowest BCUT2D eigenvalue weighted by molar-refractivity contribution is -0.135. The van der Waals surface area contributed by atoms with Gasteiger partial charge in [0.25, 0.3) is 0 Å². The Morgan fingerprint density at radius 3 is 2.53 bits per heavy atom. The Kier molecular flexibility index (Phi) is 6.88. The van der Waals surface area contributed by atoms with Crippen LogP contribution in [-0.2, 0) is 9.53 Å². The van der Waals surface area contributed by atoms with Gasteiger partial charge in [-0.25, -0.2) is 9.78 Å². The minimum atomic E-state index is -0.628. The number of hydrogen-bond acceptors (Lipinski definition) is 6. The molecule has 1 aliphatic carbocycles. The fourth-order valence-electron chi connectivity index (χ4n) is 4.71. The highest BCUT2D eigenvalue weighted by molar-refractivity contribution is 5.86. The molecule has 4 rings (SSSR count). The summed E-state index contributed by atoms with van der Waals surface area (Å²) >= 11 is 0. The summed E-state index contributed by atoms with van der Waals surface area (Å²) in [5.41, 5.74) is -0.628. The highest BCUT2D eigenvalue weighted by atomic mass is 16.6. The van der Waals surface area contributed by atoms with Gasteiger partial charge in [-0.3, -0.25) is 14.6 Å². The van der Waals surface area contributed by atoms with E-state index in [9.17, 15) is 9.59 Å². The van der Waals surface area contributed by atoms with Crippen LogP contribution in [0.2, 0.25) is 0 Å². The molecule has 32 heavy (non-hydrogen) atoms. The first kappa shape index (κ1) is 22.8. The topological polar surface area (TPSA) is 75.2 Å². The van der Waals surface area contributed by atoms with Crippen LogP contribution in [0, 0.1) is 0 Å². The standard InChI is InChI=1S/C24H36N4O4/c1-24(2,3)32-23(30)28-17-19(31-21-10-4-5-11-25-21)16-20(28)22(29)27-13-7-12-26(14-15-27)18-8-6-9-18/h4-5,10-11,18-20H,6-9,12-17H2,1-3H3. The van der Waals surface area contributed by atoms with Crippen molar-refractivity contribution < 1.29 is 19.1 Å². The van der Waals surface area contributed by atoms with Gasteiger partial charge >= 0.3 is 6.09 Å². The van der Waals surface area contributed by atoms with Gasteiger partial charge in [-0.05, 0) is 46.1 Å². The third-order valence-corrected chi connectivity index (χ3v) is 6.53. The van der Waals surface area contributed by atoms with Gasteiger partial charge in [0, 0.05) is 50.9 Å². The van der Waals surface area contributed by atoms with Gasteiger partial charge in [0.15, 0.2) is 0 Å². The van der Waals surface area contributed by atoms with Gasteiger partial charge in [-0.15, -0.1) is 0 Å². The van der Waals surface area contributed by atoms with Gasteiger partial charge in [-0.1, -0.05) is 12.5 Å². The van der Waals surface area contributed by atoms with Crippen molar-refractivity contribution in [2.75, 3.05) is 32.7 Å².